The third-order valence-corrected chi connectivity index (χ3v) is 3.45. The minimum absolute atomic E-state index is 0.0694. The zero-order valence-electron chi connectivity index (χ0n) is 11.0. The molecule has 0 spiro atoms. The van der Waals surface area contributed by atoms with Crippen LogP contribution in [0.3, 0.4) is 0 Å². The van der Waals surface area contributed by atoms with Crippen molar-refractivity contribution in [3.8, 4) is 0 Å². The van der Waals surface area contributed by atoms with Gasteiger partial charge < -0.3 is 4.74 Å². The molecule has 0 saturated heterocycles. The Morgan fingerprint density at radius 3 is 2.29 bits per heavy atom. The molecule has 3 nitrogen and oxygen atoms in total. The molecule has 0 atom stereocenters. The first-order valence-electron chi connectivity index (χ1n) is 5.89. The van der Waals surface area contributed by atoms with E-state index >= 15 is 0 Å². The molecule has 0 aromatic carbocycles. The van der Waals surface area contributed by atoms with Gasteiger partial charge in [-0.1, -0.05) is 6.92 Å². The van der Waals surface area contributed by atoms with Gasteiger partial charge in [0.2, 0.25) is 0 Å². The Morgan fingerprint density at radius 1 is 1.33 bits per heavy atom. The van der Waals surface area contributed by atoms with Gasteiger partial charge in [0, 0.05) is 4.47 Å². The number of carbonyl (C=O) groups is 1. The van der Waals surface area contributed by atoms with Gasteiger partial charge in [-0.15, -0.1) is 0 Å². The lowest BCUT2D eigenvalue weighted by Gasteiger charge is -2.18. The summed E-state index contributed by atoms with van der Waals surface area (Å²) in [6.07, 6.45) is -8.32. The highest BCUT2D eigenvalue weighted by Gasteiger charge is 2.41. The molecule has 0 aliphatic carbocycles. The van der Waals surface area contributed by atoms with Crippen molar-refractivity contribution in [2.24, 2.45) is 0 Å². The monoisotopic (exact) mass is 375 g/mol. The van der Waals surface area contributed by atoms with Gasteiger partial charge in [0.1, 0.15) is 5.69 Å². The predicted octanol–water partition coefficient (Wildman–Crippen LogP) is 4.54. The average Bonchev–Trinajstić information content (AvgIpc) is 2.36. The summed E-state index contributed by atoms with van der Waals surface area (Å²) in [6, 6.07) is 0. The first-order chi connectivity index (χ1) is 9.65. The van der Waals surface area contributed by atoms with Crippen molar-refractivity contribution < 1.29 is 31.5 Å². The lowest BCUT2D eigenvalue weighted by molar-refractivity contribution is -0.142. The van der Waals surface area contributed by atoms with Crippen LogP contribution < -0.4 is 0 Å². The Hall–Kier alpha value is -1.25. The first-order valence-corrected chi connectivity index (χ1v) is 6.69. The molecule has 0 fully saturated rings. The Bertz CT molecular complexity index is 545. The Kier molecular flexibility index (Phi) is 5.66. The summed E-state index contributed by atoms with van der Waals surface area (Å²) in [4.78, 5) is 14.7. The van der Waals surface area contributed by atoms with Crippen LogP contribution in [0.5, 0.6) is 0 Å². The predicted molar refractivity (Wildman–Crippen MR) is 67.2 cm³/mol. The standard InChI is InChI=1S/C12H11BrF5NO2/c1-3-5-6(11(20)21-4-2)9(12(16,17)18)19-8(7(5)13)10(14)15/h10H,3-4H2,1-2H3. The third kappa shape index (κ3) is 3.69. The fraction of sp³-hybridized carbons (Fsp3) is 0.500. The number of halogens is 6. The highest BCUT2D eigenvalue weighted by molar-refractivity contribution is 9.10. The van der Waals surface area contributed by atoms with Crippen molar-refractivity contribution in [3.63, 3.8) is 0 Å². The number of alkyl halides is 5. The maximum atomic E-state index is 13.0. The summed E-state index contributed by atoms with van der Waals surface area (Å²) in [7, 11) is 0. The summed E-state index contributed by atoms with van der Waals surface area (Å²) in [5.74, 6) is -1.24. The molecular formula is C12H11BrF5NO2. The largest absolute Gasteiger partial charge is 0.462 e. The third-order valence-electron chi connectivity index (χ3n) is 2.57. The molecular weight excluding hydrogens is 365 g/mol. The van der Waals surface area contributed by atoms with Crippen LogP contribution in [0.25, 0.3) is 0 Å². The van der Waals surface area contributed by atoms with E-state index in [4.69, 9.17) is 0 Å². The van der Waals surface area contributed by atoms with Crippen LogP contribution in [-0.4, -0.2) is 17.6 Å². The zero-order chi connectivity index (χ0) is 16.4. The van der Waals surface area contributed by atoms with Crippen molar-refractivity contribution >= 4 is 21.9 Å². The van der Waals surface area contributed by atoms with E-state index in [1.807, 2.05) is 0 Å². The lowest BCUT2D eigenvalue weighted by Crippen LogP contribution is -2.21. The van der Waals surface area contributed by atoms with E-state index in [1.54, 1.807) is 0 Å². The number of aromatic nitrogens is 1. The second-order valence-electron chi connectivity index (χ2n) is 3.89. The molecule has 118 valence electrons. The van der Waals surface area contributed by atoms with Crippen LogP contribution in [0, 0.1) is 0 Å². The van der Waals surface area contributed by atoms with Crippen LogP contribution in [0.2, 0.25) is 0 Å². The molecule has 0 aliphatic heterocycles. The Morgan fingerprint density at radius 2 is 1.90 bits per heavy atom. The summed E-state index contributed by atoms with van der Waals surface area (Å²) in [5.41, 5.74) is -3.74. The number of hydrogen-bond donors (Lipinski definition) is 0. The molecule has 1 aromatic heterocycles. The second kappa shape index (κ2) is 6.67. The molecule has 0 bridgehead atoms. The molecule has 1 rings (SSSR count). The highest BCUT2D eigenvalue weighted by atomic mass is 79.9. The first kappa shape index (κ1) is 17.8. The van der Waals surface area contributed by atoms with Gasteiger partial charge in [-0.3, -0.25) is 0 Å². The van der Waals surface area contributed by atoms with Gasteiger partial charge in [0.25, 0.3) is 6.43 Å². The number of pyridine rings is 1. The molecule has 0 radical (unpaired) electrons. The molecule has 0 aliphatic rings. The van der Waals surface area contributed by atoms with E-state index < -0.39 is 35.5 Å². The van der Waals surface area contributed by atoms with Crippen molar-refractivity contribution in [1.82, 2.24) is 4.98 Å². The van der Waals surface area contributed by atoms with Crippen molar-refractivity contribution in [1.29, 1.82) is 0 Å². The number of esters is 1. The summed E-state index contributed by atoms with van der Waals surface area (Å²) < 4.78 is 68.9. The van der Waals surface area contributed by atoms with E-state index in [-0.39, 0.29) is 23.1 Å². The van der Waals surface area contributed by atoms with Crippen LogP contribution >= 0.6 is 15.9 Å². The topological polar surface area (TPSA) is 39.2 Å². The SMILES string of the molecule is CCOC(=O)c1c(C(F)(F)F)nc(C(F)F)c(Br)c1CC. The molecule has 0 unspecified atom stereocenters. The van der Waals surface area contributed by atoms with Gasteiger partial charge in [-0.05, 0) is 34.8 Å². The number of nitrogens with zero attached hydrogens (tertiary/aromatic N) is 1. The van der Waals surface area contributed by atoms with Gasteiger partial charge in [0.05, 0.1) is 12.2 Å². The molecule has 0 amide bonds. The second-order valence-corrected chi connectivity index (χ2v) is 4.68. The number of ether oxygens (including phenoxy) is 1. The normalized spacial score (nSPS) is 11.9. The molecule has 0 saturated carbocycles. The lowest BCUT2D eigenvalue weighted by atomic mass is 10.0. The van der Waals surface area contributed by atoms with Gasteiger partial charge >= 0.3 is 12.1 Å². The van der Waals surface area contributed by atoms with E-state index in [0.717, 1.165) is 0 Å². The Labute approximate surface area is 125 Å². The maximum absolute atomic E-state index is 13.0. The highest BCUT2D eigenvalue weighted by Crippen LogP contribution is 2.39. The number of hydrogen-bond acceptors (Lipinski definition) is 3. The van der Waals surface area contributed by atoms with Crippen molar-refractivity contribution in [2.45, 2.75) is 32.9 Å². The van der Waals surface area contributed by atoms with E-state index in [0.29, 0.717) is 0 Å². The molecule has 1 aromatic rings. The van der Waals surface area contributed by atoms with Crippen LogP contribution in [-0.2, 0) is 17.3 Å². The van der Waals surface area contributed by atoms with Gasteiger partial charge in [0.15, 0.2) is 5.69 Å². The maximum Gasteiger partial charge on any atom is 0.434 e. The average molecular weight is 376 g/mol. The fourth-order valence-electron chi connectivity index (χ4n) is 1.74. The molecule has 21 heavy (non-hydrogen) atoms. The number of carbonyl (C=O) groups excluding carboxylic acids is 1. The van der Waals surface area contributed by atoms with E-state index in [9.17, 15) is 26.7 Å². The quantitative estimate of drug-likeness (QED) is 0.572. The smallest absolute Gasteiger partial charge is 0.434 e. The number of rotatable bonds is 4. The van der Waals surface area contributed by atoms with Crippen molar-refractivity contribution in [2.75, 3.05) is 6.61 Å². The zero-order valence-corrected chi connectivity index (χ0v) is 12.6. The summed E-state index contributed by atoms with van der Waals surface area (Å²) in [5, 5.41) is 0. The summed E-state index contributed by atoms with van der Waals surface area (Å²) >= 11 is 2.80. The molecule has 0 N–H and O–H groups in total. The minimum Gasteiger partial charge on any atom is -0.462 e. The van der Waals surface area contributed by atoms with Crippen LogP contribution in [0.4, 0.5) is 22.0 Å². The van der Waals surface area contributed by atoms with Crippen molar-refractivity contribution in [3.05, 3.63) is 27.0 Å². The fourth-order valence-corrected chi connectivity index (χ4v) is 2.48. The molecule has 1 heterocycles. The molecule has 9 heteroatoms. The van der Waals surface area contributed by atoms with Gasteiger partial charge in [-0.2, -0.15) is 13.2 Å². The Balaban J connectivity index is 3.73. The van der Waals surface area contributed by atoms with Crippen LogP contribution in [0.15, 0.2) is 4.47 Å². The van der Waals surface area contributed by atoms with E-state index in [2.05, 4.69) is 25.7 Å². The van der Waals surface area contributed by atoms with E-state index in [1.165, 1.54) is 13.8 Å². The summed E-state index contributed by atoms with van der Waals surface area (Å²) in [6.45, 7) is 2.72. The van der Waals surface area contributed by atoms with Gasteiger partial charge in [-0.25, -0.2) is 18.6 Å². The minimum atomic E-state index is -5.05. The van der Waals surface area contributed by atoms with Crippen LogP contribution in [0.1, 0.15) is 47.6 Å².